The molecule has 5 nitrogen and oxygen atoms in total. The van der Waals surface area contributed by atoms with Crippen molar-refractivity contribution in [3.63, 3.8) is 0 Å². The predicted molar refractivity (Wildman–Crippen MR) is 66.6 cm³/mol. The number of hydrogen-bond donors (Lipinski definition) is 2. The molecule has 0 aromatic rings. The maximum Gasteiger partial charge on any atom is 0.328 e. The van der Waals surface area contributed by atoms with Gasteiger partial charge in [-0.3, -0.25) is 0 Å². The van der Waals surface area contributed by atoms with Crippen LogP contribution in [0.5, 0.6) is 0 Å². The number of carbonyl (C=O) groups is 2. The zero-order chi connectivity index (χ0) is 13.4. The van der Waals surface area contributed by atoms with Crippen LogP contribution in [0.3, 0.4) is 0 Å². The Bertz CT molecular complexity index is 254. The first-order valence-corrected chi connectivity index (χ1v) is 6.04. The van der Waals surface area contributed by atoms with Crippen LogP contribution in [0.2, 0.25) is 0 Å². The third-order valence-electron chi connectivity index (χ3n) is 2.63. The van der Waals surface area contributed by atoms with E-state index < -0.39 is 12.0 Å². The zero-order valence-electron chi connectivity index (χ0n) is 11.4. The summed E-state index contributed by atoms with van der Waals surface area (Å²) in [7, 11) is 1.32. The van der Waals surface area contributed by atoms with Gasteiger partial charge in [-0.25, -0.2) is 9.59 Å². The summed E-state index contributed by atoms with van der Waals surface area (Å²) in [6, 6.07) is -0.911. The summed E-state index contributed by atoms with van der Waals surface area (Å²) in [5.41, 5.74) is 0. The molecule has 0 bridgehead atoms. The SMILES string of the molecule is CC[C@@H](C)[C@@H](NC(=O)NCC(C)C)C(=O)OC. The molecule has 17 heavy (non-hydrogen) atoms. The highest BCUT2D eigenvalue weighted by atomic mass is 16.5. The van der Waals surface area contributed by atoms with E-state index in [-0.39, 0.29) is 11.9 Å². The van der Waals surface area contributed by atoms with E-state index in [9.17, 15) is 9.59 Å². The van der Waals surface area contributed by atoms with E-state index in [0.717, 1.165) is 6.42 Å². The number of amides is 2. The van der Waals surface area contributed by atoms with Gasteiger partial charge in [-0.2, -0.15) is 0 Å². The number of ether oxygens (including phenoxy) is 1. The van der Waals surface area contributed by atoms with Crippen LogP contribution in [0, 0.1) is 11.8 Å². The lowest BCUT2D eigenvalue weighted by atomic mass is 9.99. The lowest BCUT2D eigenvalue weighted by molar-refractivity contribution is -0.144. The molecule has 0 aliphatic rings. The monoisotopic (exact) mass is 244 g/mol. The summed E-state index contributed by atoms with van der Waals surface area (Å²) in [5.74, 6) is 0.0206. The summed E-state index contributed by atoms with van der Waals surface area (Å²) in [4.78, 5) is 23.1. The molecule has 2 N–H and O–H groups in total. The molecule has 0 saturated heterocycles. The highest BCUT2D eigenvalue weighted by Gasteiger charge is 2.26. The van der Waals surface area contributed by atoms with Gasteiger partial charge < -0.3 is 15.4 Å². The number of esters is 1. The highest BCUT2D eigenvalue weighted by molar-refractivity contribution is 5.83. The van der Waals surface area contributed by atoms with Crippen molar-refractivity contribution in [3.8, 4) is 0 Å². The van der Waals surface area contributed by atoms with Gasteiger partial charge >= 0.3 is 12.0 Å². The van der Waals surface area contributed by atoms with Crippen molar-refractivity contribution in [1.82, 2.24) is 10.6 Å². The molecular weight excluding hydrogens is 220 g/mol. The molecule has 0 unspecified atom stereocenters. The van der Waals surface area contributed by atoms with Gasteiger partial charge in [-0.05, 0) is 11.8 Å². The van der Waals surface area contributed by atoms with E-state index in [0.29, 0.717) is 12.5 Å². The van der Waals surface area contributed by atoms with Crippen LogP contribution >= 0.6 is 0 Å². The number of hydrogen-bond acceptors (Lipinski definition) is 3. The summed E-state index contributed by atoms with van der Waals surface area (Å²) >= 11 is 0. The number of methoxy groups -OCH3 is 1. The first-order valence-electron chi connectivity index (χ1n) is 6.04. The van der Waals surface area contributed by atoms with Gasteiger partial charge in [0, 0.05) is 6.54 Å². The fourth-order valence-corrected chi connectivity index (χ4v) is 1.29. The quantitative estimate of drug-likeness (QED) is 0.696. The molecule has 0 spiro atoms. The molecule has 100 valence electrons. The fraction of sp³-hybridized carbons (Fsp3) is 0.833. The number of nitrogens with one attached hydrogen (secondary N) is 2. The molecule has 2 amide bonds. The van der Waals surface area contributed by atoms with Crippen molar-refractivity contribution in [2.45, 2.75) is 40.2 Å². The highest BCUT2D eigenvalue weighted by Crippen LogP contribution is 2.08. The Morgan fingerprint density at radius 2 is 1.82 bits per heavy atom. The van der Waals surface area contributed by atoms with Gasteiger partial charge in [-0.15, -0.1) is 0 Å². The zero-order valence-corrected chi connectivity index (χ0v) is 11.4. The summed E-state index contributed by atoms with van der Waals surface area (Å²) in [6.45, 7) is 8.47. The van der Waals surface area contributed by atoms with Gasteiger partial charge in [0.15, 0.2) is 0 Å². The van der Waals surface area contributed by atoms with Crippen LogP contribution < -0.4 is 10.6 Å². The summed E-state index contributed by atoms with van der Waals surface area (Å²) in [5, 5.41) is 5.36. The second-order valence-corrected chi connectivity index (χ2v) is 4.63. The maximum absolute atomic E-state index is 11.6. The third kappa shape index (κ3) is 6.14. The molecule has 0 aromatic carbocycles. The van der Waals surface area contributed by atoms with Crippen LogP contribution in [0.15, 0.2) is 0 Å². The maximum atomic E-state index is 11.6. The third-order valence-corrected chi connectivity index (χ3v) is 2.63. The second-order valence-electron chi connectivity index (χ2n) is 4.63. The van der Waals surface area contributed by atoms with E-state index in [1.165, 1.54) is 7.11 Å². The number of rotatable bonds is 6. The fourth-order valence-electron chi connectivity index (χ4n) is 1.29. The van der Waals surface area contributed by atoms with Crippen molar-refractivity contribution >= 4 is 12.0 Å². The Labute approximate surface area is 103 Å². The van der Waals surface area contributed by atoms with E-state index in [1.807, 2.05) is 27.7 Å². The summed E-state index contributed by atoms with van der Waals surface area (Å²) < 4.78 is 4.68. The van der Waals surface area contributed by atoms with Crippen LogP contribution in [0.1, 0.15) is 34.1 Å². The minimum Gasteiger partial charge on any atom is -0.467 e. The van der Waals surface area contributed by atoms with Crippen molar-refractivity contribution in [2.24, 2.45) is 11.8 Å². The molecule has 0 radical (unpaired) electrons. The molecule has 5 heteroatoms. The van der Waals surface area contributed by atoms with Crippen LogP contribution in [0.4, 0.5) is 4.79 Å². The molecule has 0 aliphatic heterocycles. The minimum atomic E-state index is -0.586. The van der Waals surface area contributed by atoms with E-state index in [2.05, 4.69) is 15.4 Å². The van der Waals surface area contributed by atoms with Gasteiger partial charge in [0.2, 0.25) is 0 Å². The van der Waals surface area contributed by atoms with Gasteiger partial charge in [-0.1, -0.05) is 34.1 Å². The van der Waals surface area contributed by atoms with Crippen LogP contribution in [0.25, 0.3) is 0 Å². The molecular formula is C12H24N2O3. The Morgan fingerprint density at radius 3 is 2.24 bits per heavy atom. The van der Waals surface area contributed by atoms with Crippen molar-refractivity contribution in [2.75, 3.05) is 13.7 Å². The number of carbonyl (C=O) groups excluding carboxylic acids is 2. The Morgan fingerprint density at radius 1 is 1.24 bits per heavy atom. The minimum absolute atomic E-state index is 0.0484. The molecule has 2 atom stereocenters. The molecule has 0 aromatic heterocycles. The lowest BCUT2D eigenvalue weighted by Crippen LogP contribution is -2.50. The molecule has 0 aliphatic carbocycles. The normalized spacial score (nSPS) is 14.0. The van der Waals surface area contributed by atoms with Crippen molar-refractivity contribution < 1.29 is 14.3 Å². The smallest absolute Gasteiger partial charge is 0.328 e. The van der Waals surface area contributed by atoms with Gasteiger partial charge in [0.1, 0.15) is 6.04 Å². The second kappa shape index (κ2) is 7.92. The Kier molecular flexibility index (Phi) is 7.34. The largest absolute Gasteiger partial charge is 0.467 e. The Hall–Kier alpha value is -1.26. The average Bonchev–Trinajstić information content (AvgIpc) is 2.31. The molecule has 0 heterocycles. The van der Waals surface area contributed by atoms with E-state index in [4.69, 9.17) is 0 Å². The van der Waals surface area contributed by atoms with E-state index >= 15 is 0 Å². The molecule has 0 saturated carbocycles. The first kappa shape index (κ1) is 15.7. The predicted octanol–water partition coefficient (Wildman–Crippen LogP) is 1.53. The van der Waals surface area contributed by atoms with Crippen LogP contribution in [-0.2, 0) is 9.53 Å². The topological polar surface area (TPSA) is 67.4 Å². The first-order chi connectivity index (χ1) is 7.92. The molecule has 0 fully saturated rings. The van der Waals surface area contributed by atoms with E-state index in [1.54, 1.807) is 0 Å². The lowest BCUT2D eigenvalue weighted by Gasteiger charge is -2.22. The van der Waals surface area contributed by atoms with Crippen molar-refractivity contribution in [1.29, 1.82) is 0 Å². The Balaban J connectivity index is 4.33. The average molecular weight is 244 g/mol. The van der Waals surface area contributed by atoms with Gasteiger partial charge in [0.25, 0.3) is 0 Å². The standard InChI is InChI=1S/C12H24N2O3/c1-6-9(4)10(11(15)17-5)14-12(16)13-7-8(2)3/h8-10H,6-7H2,1-5H3,(H2,13,14,16)/t9-,10-/m1/s1. The van der Waals surface area contributed by atoms with Crippen molar-refractivity contribution in [3.05, 3.63) is 0 Å². The molecule has 0 rings (SSSR count). The van der Waals surface area contributed by atoms with Crippen LogP contribution in [-0.4, -0.2) is 31.7 Å². The number of urea groups is 1. The summed E-state index contributed by atoms with van der Waals surface area (Å²) in [6.07, 6.45) is 0.796. The van der Waals surface area contributed by atoms with Gasteiger partial charge in [0.05, 0.1) is 7.11 Å².